The zero-order valence-corrected chi connectivity index (χ0v) is 85.6. The van der Waals surface area contributed by atoms with Crippen LogP contribution in [0.15, 0.2) is 421 Å². The van der Waals surface area contributed by atoms with Gasteiger partial charge in [0.25, 0.3) is 0 Å². The molecule has 0 amide bonds. The molecular formula is C142H120N4O2. The largest absolute Gasteiger partial charge is 0.456 e. The lowest BCUT2D eigenvalue weighted by Crippen LogP contribution is -2.55. The van der Waals surface area contributed by atoms with Crippen LogP contribution in [0.4, 0.5) is 68.2 Å². The minimum absolute atomic E-state index is 0.0710. The first kappa shape index (κ1) is 88.7. The number of rotatable bonds is 14. The van der Waals surface area contributed by atoms with Gasteiger partial charge in [0.05, 0.1) is 56.3 Å². The second-order valence-electron chi connectivity index (χ2n) is 46.6. The topological polar surface area (TPSA) is 39.2 Å². The van der Waals surface area contributed by atoms with Gasteiger partial charge in [0.2, 0.25) is 0 Å². The molecule has 2 spiro atoms. The Bertz CT molecular complexity index is 8560. The lowest BCUT2D eigenvalue weighted by Gasteiger charge is -2.61. The summed E-state index contributed by atoms with van der Waals surface area (Å²) < 4.78 is 13.8. The highest BCUT2D eigenvalue weighted by molar-refractivity contribution is 6.24. The van der Waals surface area contributed by atoms with Crippen molar-refractivity contribution in [1.82, 2.24) is 0 Å². The van der Waals surface area contributed by atoms with Gasteiger partial charge in [-0.25, -0.2) is 0 Å². The predicted molar refractivity (Wildman–Crippen MR) is 620 cm³/mol. The predicted octanol–water partition coefficient (Wildman–Crippen LogP) is 39.7. The maximum Gasteiger partial charge on any atom is 0.138 e. The molecule has 0 atom stereocenters. The van der Waals surface area contributed by atoms with Crippen molar-refractivity contribution in [2.24, 2.45) is 47.3 Å². The van der Waals surface area contributed by atoms with Gasteiger partial charge in [-0.3, -0.25) is 0 Å². The van der Waals surface area contributed by atoms with Gasteiger partial charge in [-0.2, -0.15) is 0 Å². The summed E-state index contributed by atoms with van der Waals surface area (Å²) in [7, 11) is 0. The SMILES string of the molecule is CC(C)(C)c1ccc(N(c2ccccc2)c2cc3c(c4ccccc24)-c2c(cc(N(c4ccccc4)c4ccc(C(C)(C)C)cc4)c4ccccc24)C32C3CC4CC(C3)CC2C4)cc1.Cc1cccc2c1oc1cccc(N(c3ccccc3-c3ccccc3)c3cc4c(c5ccccc35)-c3c(cc(N(c5ccccc5-c5ccccc5)c5cccc6oc7c(C)cccc7c56)c5ccccc35)C43C4CC5CC(C4)CC3C5)c12. The summed E-state index contributed by atoms with van der Waals surface area (Å²) in [5, 5.41) is 14.9. The van der Waals surface area contributed by atoms with Crippen LogP contribution in [0.2, 0.25) is 0 Å². The van der Waals surface area contributed by atoms with Crippen molar-refractivity contribution in [3.05, 3.63) is 457 Å². The van der Waals surface area contributed by atoms with Gasteiger partial charge < -0.3 is 28.4 Å². The van der Waals surface area contributed by atoms with Crippen LogP contribution in [0.25, 0.3) is 131 Å². The second kappa shape index (κ2) is 33.9. The van der Waals surface area contributed by atoms with Crippen LogP contribution >= 0.6 is 0 Å². The first-order valence-corrected chi connectivity index (χ1v) is 54.4. The molecule has 2 heterocycles. The van der Waals surface area contributed by atoms with Crippen molar-refractivity contribution in [3.63, 3.8) is 0 Å². The molecular weight excluding hydrogens is 1790 g/mol. The number of nitrogens with zero attached hydrogens (tertiary/aromatic N) is 4. The molecule has 148 heavy (non-hydrogen) atoms. The first-order valence-electron chi connectivity index (χ1n) is 54.4. The van der Waals surface area contributed by atoms with E-state index < -0.39 is 0 Å². The Morgan fingerprint density at radius 3 is 0.797 bits per heavy atom. The Kier molecular flexibility index (Phi) is 20.3. The van der Waals surface area contributed by atoms with Crippen molar-refractivity contribution >= 4 is 155 Å². The molecule has 0 aliphatic heterocycles. The van der Waals surface area contributed by atoms with E-state index in [4.69, 9.17) is 8.83 Å². The van der Waals surface area contributed by atoms with E-state index in [-0.39, 0.29) is 21.7 Å². The summed E-state index contributed by atoms with van der Waals surface area (Å²) in [5.74, 6) is 5.31. The van der Waals surface area contributed by atoms with E-state index in [0.717, 1.165) is 101 Å². The fraction of sp³-hybridized carbons (Fsp3) is 0.211. The van der Waals surface area contributed by atoms with Gasteiger partial charge >= 0.3 is 0 Å². The summed E-state index contributed by atoms with van der Waals surface area (Å²) >= 11 is 0. The van der Waals surface area contributed by atoms with E-state index in [1.165, 1.54) is 220 Å². The second-order valence-corrected chi connectivity index (χ2v) is 46.6. The number of furan rings is 2. The zero-order valence-electron chi connectivity index (χ0n) is 85.6. The maximum absolute atomic E-state index is 6.90. The number of benzene rings is 20. The van der Waals surface area contributed by atoms with Gasteiger partial charge in [0.1, 0.15) is 22.3 Å². The van der Waals surface area contributed by atoms with Gasteiger partial charge in [-0.1, -0.05) is 345 Å². The van der Waals surface area contributed by atoms with Gasteiger partial charge in [0.15, 0.2) is 0 Å². The van der Waals surface area contributed by atoms with Crippen molar-refractivity contribution < 1.29 is 8.83 Å². The zero-order chi connectivity index (χ0) is 98.9. The molecule has 8 fully saturated rings. The highest BCUT2D eigenvalue weighted by atomic mass is 16.3. The van der Waals surface area contributed by atoms with E-state index in [1.54, 1.807) is 11.1 Å². The van der Waals surface area contributed by atoms with Crippen molar-refractivity contribution in [1.29, 1.82) is 0 Å². The molecule has 2 aromatic heterocycles. The van der Waals surface area contributed by atoms with Gasteiger partial charge in [0, 0.05) is 77.0 Å². The average Bonchev–Trinajstić information content (AvgIpc) is 1.55. The van der Waals surface area contributed by atoms with Crippen molar-refractivity contribution in [3.8, 4) is 44.5 Å². The third-order valence-electron chi connectivity index (χ3n) is 36.5. The van der Waals surface area contributed by atoms with E-state index in [0.29, 0.717) is 23.7 Å². The van der Waals surface area contributed by atoms with Crippen molar-refractivity contribution in [2.75, 3.05) is 19.6 Å². The van der Waals surface area contributed by atoms with Gasteiger partial charge in [-0.05, 0) is 345 Å². The van der Waals surface area contributed by atoms with Crippen LogP contribution in [0.1, 0.15) is 150 Å². The Labute approximate surface area is 867 Å². The first-order chi connectivity index (χ1) is 72.5. The van der Waals surface area contributed by atoms with Crippen LogP contribution in [-0.4, -0.2) is 0 Å². The van der Waals surface area contributed by atoms with E-state index in [2.05, 4.69) is 488 Å². The summed E-state index contributed by atoms with van der Waals surface area (Å²) in [6.45, 7) is 18.2. The molecule has 32 rings (SSSR count). The standard InChI is InChI=1S/C80H60N2O2.C62H60N2/c1-48-21-17-33-62-76-68(37-19-39-72(76)83-78(48)62)81(66-35-15-13-27-56(66)52-23-5-3-6-24-52)70-46-64-74(60-31-11-9-29-58(60)70)75-61-32-12-10-30-59(61)71(47-65(75)80(64)54-42-50-41-51(44-54)45-55(80)43-50)82(67-36-16-14-28-57(67)53-25-7-4-8-26-53)69-38-20-40-73-77(69)63-34-18-22-49(2)79(63)84-73;1-60(2,3)42-25-29-48(30-26-42)63(46-17-9-7-10-18-46)56-38-54-58(52-23-15-13-21-50(52)56)59-53-24-16-14-22-51(53)57(39-55(59)62(54)44-34-40-33-41(36-44)37-45(62)35-40)64(47-19-11-8-12-20-47)49-31-27-43(28-32-49)61(4,5)6/h3-40,46-47,50-51,54-55H,41-45H2,1-2H3;7-32,38-41,44-45H,33-37H2,1-6H3. The minimum atomic E-state index is -0.262. The molecule has 10 aliphatic carbocycles. The molecule has 8 saturated carbocycles. The minimum Gasteiger partial charge on any atom is -0.456 e. The summed E-state index contributed by atoms with van der Waals surface area (Å²) in [4.78, 5) is 10.4. The smallest absolute Gasteiger partial charge is 0.138 e. The van der Waals surface area contributed by atoms with Crippen LogP contribution in [0.5, 0.6) is 0 Å². The summed E-state index contributed by atoms with van der Waals surface area (Å²) in [6.07, 6.45) is 13.1. The number of aryl methyl sites for hydroxylation is 2. The number of hydrogen-bond acceptors (Lipinski definition) is 6. The Morgan fingerprint density at radius 1 is 0.223 bits per heavy atom. The molecule has 10 aliphatic rings. The number of hydrogen-bond donors (Lipinski definition) is 0. The molecule has 20 aromatic carbocycles. The van der Waals surface area contributed by atoms with E-state index in [1.807, 2.05) is 0 Å². The van der Waals surface area contributed by atoms with E-state index >= 15 is 0 Å². The van der Waals surface area contributed by atoms with Crippen LogP contribution < -0.4 is 19.6 Å². The number of fused-ring (bicyclic) bond motifs is 20. The molecule has 720 valence electrons. The lowest BCUT2D eigenvalue weighted by atomic mass is 9.43. The fourth-order valence-electron chi connectivity index (χ4n) is 30.8. The molecule has 6 heteroatoms. The Hall–Kier alpha value is -15.8. The molecule has 0 saturated heterocycles. The highest BCUT2D eigenvalue weighted by Gasteiger charge is 2.65. The normalized spacial score (nSPS) is 19.2. The lowest BCUT2D eigenvalue weighted by molar-refractivity contribution is -0.0398. The average molecular weight is 1910 g/mol. The Morgan fingerprint density at radius 2 is 0.480 bits per heavy atom. The third-order valence-corrected chi connectivity index (χ3v) is 36.5. The molecule has 0 unspecified atom stereocenters. The maximum atomic E-state index is 6.90. The van der Waals surface area contributed by atoms with E-state index in [9.17, 15) is 0 Å². The highest BCUT2D eigenvalue weighted by Crippen LogP contribution is 2.75. The summed E-state index contributed by atoms with van der Waals surface area (Å²) in [6, 6.07) is 156. The van der Waals surface area contributed by atoms with Crippen LogP contribution in [-0.2, 0) is 21.7 Å². The number of para-hydroxylation sites is 6. The van der Waals surface area contributed by atoms with Crippen LogP contribution in [0, 0.1) is 61.2 Å². The van der Waals surface area contributed by atoms with Crippen LogP contribution in [0.3, 0.4) is 0 Å². The molecule has 6 nitrogen and oxygen atoms in total. The fourth-order valence-corrected chi connectivity index (χ4v) is 30.8. The van der Waals surface area contributed by atoms with Gasteiger partial charge in [-0.15, -0.1) is 0 Å². The Balaban J connectivity index is 0.000000145. The molecule has 22 aromatic rings. The third kappa shape index (κ3) is 13.4. The quantitative estimate of drug-likeness (QED) is 0.108. The monoisotopic (exact) mass is 1910 g/mol. The van der Waals surface area contributed by atoms with Crippen molar-refractivity contribution in [2.45, 2.75) is 141 Å². The molecule has 0 radical (unpaired) electrons. The molecule has 0 N–H and O–H groups in total. The molecule has 8 bridgehead atoms. The number of anilines is 12. The summed E-state index contributed by atoms with van der Waals surface area (Å²) in [5.41, 5.74) is 39.2.